The standard InChI is InChI=1S/C14H17ClN2O/c1-18-10-11-4-6-17(7-5-11)13-3-2-12(9-16)14(15)8-13/h2-3,8,11H,4-7,10H2,1H3. The van der Waals surface area contributed by atoms with Crippen LogP contribution in [0.25, 0.3) is 0 Å². The number of methoxy groups -OCH3 is 1. The van der Waals surface area contributed by atoms with E-state index in [-0.39, 0.29) is 0 Å². The highest BCUT2D eigenvalue weighted by Crippen LogP contribution is 2.27. The molecule has 0 aliphatic carbocycles. The lowest BCUT2D eigenvalue weighted by Gasteiger charge is -2.33. The third-order valence-electron chi connectivity index (χ3n) is 3.46. The molecule has 0 aromatic heterocycles. The molecule has 1 heterocycles. The zero-order chi connectivity index (χ0) is 13.0. The molecular formula is C14H17ClN2O. The molecule has 2 rings (SSSR count). The normalized spacial score (nSPS) is 16.6. The van der Waals surface area contributed by atoms with Crippen molar-refractivity contribution < 1.29 is 4.74 Å². The summed E-state index contributed by atoms with van der Waals surface area (Å²) in [4.78, 5) is 2.32. The number of ether oxygens (including phenoxy) is 1. The molecule has 4 heteroatoms. The van der Waals surface area contributed by atoms with E-state index in [9.17, 15) is 0 Å². The number of rotatable bonds is 3. The average Bonchev–Trinajstić information content (AvgIpc) is 2.40. The van der Waals surface area contributed by atoms with Crippen LogP contribution in [0.3, 0.4) is 0 Å². The van der Waals surface area contributed by atoms with Crippen LogP contribution in [-0.4, -0.2) is 26.8 Å². The third-order valence-corrected chi connectivity index (χ3v) is 3.77. The van der Waals surface area contributed by atoms with Crippen LogP contribution >= 0.6 is 11.6 Å². The Morgan fingerprint density at radius 1 is 1.44 bits per heavy atom. The van der Waals surface area contributed by atoms with Gasteiger partial charge in [-0.2, -0.15) is 5.26 Å². The molecule has 1 aliphatic heterocycles. The van der Waals surface area contributed by atoms with Gasteiger partial charge in [0, 0.05) is 32.5 Å². The van der Waals surface area contributed by atoms with Gasteiger partial charge in [0.05, 0.1) is 10.6 Å². The second-order valence-corrected chi connectivity index (χ2v) is 5.07. The van der Waals surface area contributed by atoms with E-state index in [1.54, 1.807) is 13.2 Å². The van der Waals surface area contributed by atoms with Crippen molar-refractivity contribution in [1.29, 1.82) is 5.26 Å². The molecule has 0 saturated carbocycles. The molecule has 0 radical (unpaired) electrons. The quantitative estimate of drug-likeness (QED) is 0.842. The molecule has 0 unspecified atom stereocenters. The fourth-order valence-corrected chi connectivity index (χ4v) is 2.60. The topological polar surface area (TPSA) is 36.3 Å². The van der Waals surface area contributed by atoms with Crippen molar-refractivity contribution >= 4 is 17.3 Å². The highest BCUT2D eigenvalue weighted by Gasteiger charge is 2.19. The van der Waals surface area contributed by atoms with Crippen molar-refractivity contribution in [2.45, 2.75) is 12.8 Å². The summed E-state index contributed by atoms with van der Waals surface area (Å²) < 4.78 is 5.20. The Morgan fingerprint density at radius 2 is 2.17 bits per heavy atom. The summed E-state index contributed by atoms with van der Waals surface area (Å²) in [6.45, 7) is 2.90. The minimum absolute atomic E-state index is 0.536. The first-order valence-electron chi connectivity index (χ1n) is 6.18. The Bertz CT molecular complexity index is 448. The number of nitriles is 1. The smallest absolute Gasteiger partial charge is 0.101 e. The SMILES string of the molecule is COCC1CCN(c2ccc(C#N)c(Cl)c2)CC1. The van der Waals surface area contributed by atoms with Crippen LogP contribution in [0.15, 0.2) is 18.2 Å². The van der Waals surface area contributed by atoms with Crippen LogP contribution in [-0.2, 0) is 4.74 Å². The summed E-state index contributed by atoms with van der Waals surface area (Å²) in [6.07, 6.45) is 2.29. The first kappa shape index (κ1) is 13.2. The van der Waals surface area contributed by atoms with Crippen molar-refractivity contribution in [3.8, 4) is 6.07 Å². The maximum atomic E-state index is 8.85. The molecule has 0 atom stereocenters. The van der Waals surface area contributed by atoms with E-state index in [0.717, 1.165) is 38.2 Å². The summed E-state index contributed by atoms with van der Waals surface area (Å²) in [5.41, 5.74) is 1.64. The summed E-state index contributed by atoms with van der Waals surface area (Å²) in [5, 5.41) is 9.39. The third kappa shape index (κ3) is 2.95. The minimum atomic E-state index is 0.536. The zero-order valence-electron chi connectivity index (χ0n) is 10.5. The van der Waals surface area contributed by atoms with Gasteiger partial charge in [0.25, 0.3) is 0 Å². The van der Waals surface area contributed by atoms with Crippen LogP contribution in [0.5, 0.6) is 0 Å². The second-order valence-electron chi connectivity index (χ2n) is 4.66. The molecule has 3 nitrogen and oxygen atoms in total. The molecule has 1 aliphatic rings. The van der Waals surface area contributed by atoms with Crippen molar-refractivity contribution in [3.05, 3.63) is 28.8 Å². The van der Waals surface area contributed by atoms with Crippen molar-refractivity contribution in [1.82, 2.24) is 0 Å². The Morgan fingerprint density at radius 3 is 2.72 bits per heavy atom. The molecule has 0 spiro atoms. The predicted octanol–water partition coefficient (Wildman–Crippen LogP) is 3.07. The molecule has 1 saturated heterocycles. The lowest BCUT2D eigenvalue weighted by molar-refractivity contribution is 0.139. The highest BCUT2D eigenvalue weighted by atomic mass is 35.5. The van der Waals surface area contributed by atoms with E-state index in [1.165, 1.54) is 0 Å². The van der Waals surface area contributed by atoms with E-state index in [4.69, 9.17) is 21.6 Å². The summed E-state index contributed by atoms with van der Waals surface area (Å²) in [6, 6.07) is 7.73. The molecule has 18 heavy (non-hydrogen) atoms. The van der Waals surface area contributed by atoms with Gasteiger partial charge in [-0.15, -0.1) is 0 Å². The number of hydrogen-bond donors (Lipinski definition) is 0. The molecule has 1 aromatic rings. The zero-order valence-corrected chi connectivity index (χ0v) is 11.3. The van der Waals surface area contributed by atoms with Crippen LogP contribution in [0.1, 0.15) is 18.4 Å². The molecule has 1 fully saturated rings. The summed E-state index contributed by atoms with van der Waals surface area (Å²) in [5.74, 6) is 0.667. The van der Waals surface area contributed by atoms with E-state index < -0.39 is 0 Å². The summed E-state index contributed by atoms with van der Waals surface area (Å²) in [7, 11) is 1.76. The largest absolute Gasteiger partial charge is 0.384 e. The van der Waals surface area contributed by atoms with Crippen LogP contribution < -0.4 is 4.90 Å². The van der Waals surface area contributed by atoms with E-state index in [2.05, 4.69) is 11.0 Å². The first-order chi connectivity index (χ1) is 8.74. The number of nitrogens with zero attached hydrogens (tertiary/aromatic N) is 2. The van der Waals surface area contributed by atoms with Gasteiger partial charge in [0.15, 0.2) is 0 Å². The number of benzene rings is 1. The molecule has 96 valence electrons. The van der Waals surface area contributed by atoms with Crippen LogP contribution in [0.2, 0.25) is 5.02 Å². The Labute approximate surface area is 113 Å². The fourth-order valence-electron chi connectivity index (χ4n) is 2.38. The van der Waals surface area contributed by atoms with Gasteiger partial charge >= 0.3 is 0 Å². The number of anilines is 1. The Hall–Kier alpha value is -1.24. The molecule has 0 amide bonds. The lowest BCUT2D eigenvalue weighted by atomic mass is 9.97. The van der Waals surface area contributed by atoms with Crippen LogP contribution in [0, 0.1) is 17.2 Å². The van der Waals surface area contributed by atoms with Gasteiger partial charge in [0.1, 0.15) is 6.07 Å². The average molecular weight is 265 g/mol. The highest BCUT2D eigenvalue weighted by molar-refractivity contribution is 6.32. The molecule has 1 aromatic carbocycles. The molecule has 0 N–H and O–H groups in total. The van der Waals surface area contributed by atoms with Crippen molar-refractivity contribution in [2.75, 3.05) is 31.7 Å². The Kier molecular flexibility index (Phi) is 4.46. The van der Waals surface area contributed by atoms with Crippen molar-refractivity contribution in [3.63, 3.8) is 0 Å². The van der Waals surface area contributed by atoms with Crippen molar-refractivity contribution in [2.24, 2.45) is 5.92 Å². The monoisotopic (exact) mass is 264 g/mol. The molecule has 0 bridgehead atoms. The number of halogens is 1. The van der Waals surface area contributed by atoms with Gasteiger partial charge in [0.2, 0.25) is 0 Å². The first-order valence-corrected chi connectivity index (χ1v) is 6.56. The van der Waals surface area contributed by atoms with Gasteiger partial charge in [-0.3, -0.25) is 0 Å². The fraction of sp³-hybridized carbons (Fsp3) is 0.500. The van der Waals surface area contributed by atoms with E-state index in [0.29, 0.717) is 16.5 Å². The van der Waals surface area contributed by atoms with E-state index >= 15 is 0 Å². The summed E-state index contributed by atoms with van der Waals surface area (Å²) >= 11 is 6.06. The number of hydrogen-bond acceptors (Lipinski definition) is 3. The maximum Gasteiger partial charge on any atom is 0.101 e. The maximum absolute atomic E-state index is 8.85. The van der Waals surface area contributed by atoms with Gasteiger partial charge in [-0.1, -0.05) is 11.6 Å². The van der Waals surface area contributed by atoms with E-state index in [1.807, 2.05) is 12.1 Å². The predicted molar refractivity (Wildman–Crippen MR) is 73.0 cm³/mol. The lowest BCUT2D eigenvalue weighted by Crippen LogP contribution is -2.34. The molecular weight excluding hydrogens is 248 g/mol. The Balaban J connectivity index is 2.02. The van der Waals surface area contributed by atoms with Crippen LogP contribution in [0.4, 0.5) is 5.69 Å². The van der Waals surface area contributed by atoms with Gasteiger partial charge < -0.3 is 9.64 Å². The second kappa shape index (κ2) is 6.08. The van der Waals surface area contributed by atoms with Gasteiger partial charge in [-0.05, 0) is 37.0 Å². The number of piperidine rings is 1. The van der Waals surface area contributed by atoms with Gasteiger partial charge in [-0.25, -0.2) is 0 Å². The minimum Gasteiger partial charge on any atom is -0.384 e.